The molecule has 0 spiro atoms. The number of aromatic amines is 1. The van der Waals surface area contributed by atoms with E-state index in [1.165, 1.54) is 17.3 Å². The van der Waals surface area contributed by atoms with Gasteiger partial charge in [0.15, 0.2) is 0 Å². The molecule has 1 unspecified atom stereocenters. The number of rotatable bonds is 3. The molecule has 1 atom stereocenters. The second-order valence-electron chi connectivity index (χ2n) is 6.72. The minimum absolute atomic E-state index is 0.232. The van der Waals surface area contributed by atoms with E-state index in [9.17, 15) is 4.79 Å². The molecule has 0 radical (unpaired) electrons. The highest BCUT2D eigenvalue weighted by atomic mass is 16.5. The molecule has 2 aromatic carbocycles. The number of carbonyl (C=O) groups excluding carboxylic acids is 1. The highest BCUT2D eigenvalue weighted by Crippen LogP contribution is 2.30. The first-order valence-corrected chi connectivity index (χ1v) is 9.20. The Balaban J connectivity index is 1.46. The minimum atomic E-state index is -0.698. The molecule has 29 heavy (non-hydrogen) atoms. The molecule has 142 valence electrons. The van der Waals surface area contributed by atoms with Crippen molar-refractivity contribution >= 4 is 22.6 Å². The number of aromatic nitrogens is 3. The summed E-state index contributed by atoms with van der Waals surface area (Å²) in [5, 5.41) is 15.3. The summed E-state index contributed by atoms with van der Waals surface area (Å²) in [5.74, 6) is 0.0697. The number of H-pyrrole nitrogens is 1. The lowest BCUT2D eigenvalue weighted by Gasteiger charge is -2.17. The summed E-state index contributed by atoms with van der Waals surface area (Å²) in [7, 11) is 0. The van der Waals surface area contributed by atoms with Gasteiger partial charge in [-0.2, -0.15) is 10.1 Å². The lowest BCUT2D eigenvalue weighted by molar-refractivity contribution is -0.135. The fourth-order valence-corrected chi connectivity index (χ4v) is 3.32. The SMILES string of the molecule is CC(=O)N1N=C(c2cc(-c3ccc4ccccc4c3)n[nH]2)OC1c1ccccn1. The number of hydrogen-bond acceptors (Lipinski definition) is 5. The van der Waals surface area contributed by atoms with Crippen molar-refractivity contribution in [1.29, 1.82) is 0 Å². The van der Waals surface area contributed by atoms with Crippen LogP contribution in [0.4, 0.5) is 0 Å². The Hall–Kier alpha value is -4.00. The molecule has 7 heteroatoms. The molecule has 1 aliphatic rings. The Morgan fingerprint density at radius 1 is 1.03 bits per heavy atom. The standard InChI is InChI=1S/C22H17N5O2/c1-14(28)27-22(18-8-4-5-11-23-18)29-21(26-27)20-13-19(24-25-20)17-10-9-15-6-2-3-7-16(15)12-17/h2-13,22H,1H3,(H,24,25). The summed E-state index contributed by atoms with van der Waals surface area (Å²) >= 11 is 0. The number of fused-ring (bicyclic) bond motifs is 1. The summed E-state index contributed by atoms with van der Waals surface area (Å²) in [6, 6.07) is 21.7. The van der Waals surface area contributed by atoms with Gasteiger partial charge in [0.05, 0.1) is 5.69 Å². The first-order valence-electron chi connectivity index (χ1n) is 9.20. The zero-order chi connectivity index (χ0) is 19.8. The number of hydrogen-bond donors (Lipinski definition) is 1. The van der Waals surface area contributed by atoms with E-state index in [1.807, 2.05) is 36.4 Å². The van der Waals surface area contributed by atoms with Gasteiger partial charge in [-0.3, -0.25) is 14.9 Å². The molecule has 4 aromatic rings. The van der Waals surface area contributed by atoms with Crippen molar-refractivity contribution in [2.24, 2.45) is 5.10 Å². The van der Waals surface area contributed by atoms with Gasteiger partial charge in [0.1, 0.15) is 11.4 Å². The van der Waals surface area contributed by atoms with E-state index in [0.717, 1.165) is 16.6 Å². The number of amides is 1. The number of pyridine rings is 1. The van der Waals surface area contributed by atoms with Crippen molar-refractivity contribution in [2.75, 3.05) is 0 Å². The van der Waals surface area contributed by atoms with Crippen LogP contribution in [-0.4, -0.2) is 32.0 Å². The maximum Gasteiger partial charge on any atom is 0.259 e. The molecule has 7 nitrogen and oxygen atoms in total. The van der Waals surface area contributed by atoms with E-state index in [-0.39, 0.29) is 5.91 Å². The molecule has 0 saturated carbocycles. The number of carbonyl (C=O) groups is 1. The zero-order valence-electron chi connectivity index (χ0n) is 15.6. The summed E-state index contributed by atoms with van der Waals surface area (Å²) in [6.45, 7) is 1.44. The molecule has 0 bridgehead atoms. The smallest absolute Gasteiger partial charge is 0.259 e. The number of benzene rings is 2. The summed E-state index contributed by atoms with van der Waals surface area (Å²) < 4.78 is 5.95. The van der Waals surface area contributed by atoms with Crippen LogP contribution in [0.2, 0.25) is 0 Å². The van der Waals surface area contributed by atoms with E-state index >= 15 is 0 Å². The second kappa shape index (κ2) is 6.87. The van der Waals surface area contributed by atoms with E-state index in [1.54, 1.807) is 12.3 Å². The van der Waals surface area contributed by atoms with Crippen LogP contribution in [0.25, 0.3) is 22.0 Å². The number of ether oxygens (including phenoxy) is 1. The Morgan fingerprint density at radius 2 is 1.86 bits per heavy atom. The molecule has 3 heterocycles. The zero-order valence-corrected chi connectivity index (χ0v) is 15.6. The summed E-state index contributed by atoms with van der Waals surface area (Å²) in [6.07, 6.45) is 0.958. The van der Waals surface area contributed by atoms with E-state index in [4.69, 9.17) is 4.74 Å². The molecule has 1 N–H and O–H groups in total. The van der Waals surface area contributed by atoms with Crippen LogP contribution in [0, 0.1) is 0 Å². The third kappa shape index (κ3) is 3.12. The van der Waals surface area contributed by atoms with E-state index in [0.29, 0.717) is 17.3 Å². The maximum absolute atomic E-state index is 12.0. The normalized spacial score (nSPS) is 16.0. The number of nitrogens with one attached hydrogen (secondary N) is 1. The van der Waals surface area contributed by atoms with Crippen LogP contribution in [0.15, 0.2) is 78.0 Å². The van der Waals surface area contributed by atoms with Gasteiger partial charge in [-0.1, -0.05) is 42.5 Å². The molecule has 0 saturated heterocycles. The lowest BCUT2D eigenvalue weighted by atomic mass is 10.1. The van der Waals surface area contributed by atoms with Crippen molar-refractivity contribution in [3.8, 4) is 11.3 Å². The Labute approximate surface area is 166 Å². The van der Waals surface area contributed by atoms with Crippen LogP contribution >= 0.6 is 0 Å². The van der Waals surface area contributed by atoms with Crippen LogP contribution in [-0.2, 0) is 9.53 Å². The Kier molecular flexibility index (Phi) is 4.05. The van der Waals surface area contributed by atoms with Gasteiger partial charge in [0, 0.05) is 18.7 Å². The predicted octanol–water partition coefficient (Wildman–Crippen LogP) is 3.86. The minimum Gasteiger partial charge on any atom is -0.443 e. The molecule has 1 aliphatic heterocycles. The average molecular weight is 383 g/mol. The Morgan fingerprint density at radius 3 is 2.66 bits per heavy atom. The van der Waals surface area contributed by atoms with Gasteiger partial charge in [-0.05, 0) is 35.0 Å². The van der Waals surface area contributed by atoms with Crippen molar-refractivity contribution in [3.05, 3.63) is 84.3 Å². The monoisotopic (exact) mass is 383 g/mol. The number of hydrazone groups is 1. The fraction of sp³-hybridized carbons (Fsp3) is 0.0909. The van der Waals surface area contributed by atoms with Gasteiger partial charge >= 0.3 is 0 Å². The molecule has 5 rings (SSSR count). The first kappa shape index (κ1) is 17.1. The molecule has 2 aromatic heterocycles. The topological polar surface area (TPSA) is 83.5 Å². The van der Waals surface area contributed by atoms with Crippen LogP contribution in [0.5, 0.6) is 0 Å². The largest absolute Gasteiger partial charge is 0.443 e. The Bertz CT molecular complexity index is 1230. The first-order chi connectivity index (χ1) is 14.2. The van der Waals surface area contributed by atoms with Crippen molar-refractivity contribution < 1.29 is 9.53 Å². The van der Waals surface area contributed by atoms with Gasteiger partial charge in [-0.15, -0.1) is 5.10 Å². The van der Waals surface area contributed by atoms with Crippen molar-refractivity contribution in [3.63, 3.8) is 0 Å². The highest BCUT2D eigenvalue weighted by Gasteiger charge is 2.34. The molecule has 0 fully saturated rings. The molecule has 1 amide bonds. The summed E-state index contributed by atoms with van der Waals surface area (Å²) in [5.41, 5.74) is 2.95. The van der Waals surface area contributed by atoms with Gasteiger partial charge in [-0.25, -0.2) is 0 Å². The fourth-order valence-electron chi connectivity index (χ4n) is 3.32. The van der Waals surface area contributed by atoms with Gasteiger partial charge in [0.25, 0.3) is 5.90 Å². The van der Waals surface area contributed by atoms with Gasteiger partial charge < -0.3 is 4.74 Å². The number of nitrogens with zero attached hydrogens (tertiary/aromatic N) is 4. The molecular formula is C22H17N5O2. The van der Waals surface area contributed by atoms with Crippen molar-refractivity contribution in [1.82, 2.24) is 20.2 Å². The van der Waals surface area contributed by atoms with Crippen LogP contribution in [0.3, 0.4) is 0 Å². The average Bonchev–Trinajstić information content (AvgIpc) is 3.42. The van der Waals surface area contributed by atoms with E-state index < -0.39 is 6.23 Å². The maximum atomic E-state index is 12.0. The van der Waals surface area contributed by atoms with Crippen LogP contribution < -0.4 is 0 Å². The van der Waals surface area contributed by atoms with Crippen molar-refractivity contribution in [2.45, 2.75) is 13.2 Å². The van der Waals surface area contributed by atoms with E-state index in [2.05, 4.69) is 44.5 Å². The lowest BCUT2D eigenvalue weighted by Crippen LogP contribution is -2.25. The highest BCUT2D eigenvalue weighted by molar-refractivity contribution is 5.96. The quantitative estimate of drug-likeness (QED) is 0.582. The third-order valence-corrected chi connectivity index (χ3v) is 4.76. The summed E-state index contributed by atoms with van der Waals surface area (Å²) in [4.78, 5) is 16.3. The van der Waals surface area contributed by atoms with Crippen LogP contribution in [0.1, 0.15) is 24.5 Å². The van der Waals surface area contributed by atoms with Gasteiger partial charge in [0.2, 0.25) is 12.1 Å². The molecular weight excluding hydrogens is 366 g/mol. The molecule has 0 aliphatic carbocycles. The second-order valence-corrected chi connectivity index (χ2v) is 6.72. The predicted molar refractivity (Wildman–Crippen MR) is 109 cm³/mol. The third-order valence-electron chi connectivity index (χ3n) is 4.76.